The van der Waals surface area contributed by atoms with Gasteiger partial charge in [-0.3, -0.25) is 0 Å². The highest BCUT2D eigenvalue weighted by molar-refractivity contribution is 6.34. The zero-order valence-corrected chi connectivity index (χ0v) is 8.96. The van der Waals surface area contributed by atoms with Crippen LogP contribution in [0.25, 0.3) is 16.6 Å². The van der Waals surface area contributed by atoms with Gasteiger partial charge in [0.2, 0.25) is 0 Å². The lowest BCUT2D eigenvalue weighted by atomic mass is 10.2. The lowest BCUT2D eigenvalue weighted by molar-refractivity contribution is 1.06. The molecule has 1 aromatic carbocycles. The first-order chi connectivity index (χ1) is 7.84. The maximum absolute atomic E-state index is 6.01. The summed E-state index contributed by atoms with van der Waals surface area (Å²) in [5.74, 6) is 0. The molecule has 2 aromatic heterocycles. The van der Waals surface area contributed by atoms with Gasteiger partial charge in [0.1, 0.15) is 11.5 Å². The molecule has 0 aliphatic carbocycles. The molecule has 0 saturated carbocycles. The maximum atomic E-state index is 6.01. The van der Waals surface area contributed by atoms with Gasteiger partial charge in [0, 0.05) is 23.5 Å². The summed E-state index contributed by atoms with van der Waals surface area (Å²) in [7, 11) is 0. The second kappa shape index (κ2) is 3.57. The molecule has 4 nitrogen and oxygen atoms in total. The van der Waals surface area contributed by atoms with Gasteiger partial charge in [-0.25, -0.2) is 15.0 Å². The van der Waals surface area contributed by atoms with E-state index >= 15 is 0 Å². The Hall–Kier alpha value is -1.94. The van der Waals surface area contributed by atoms with E-state index in [-0.39, 0.29) is 0 Å². The highest BCUT2D eigenvalue weighted by Crippen LogP contribution is 2.21. The smallest absolute Gasteiger partial charge is 0.140 e. The van der Waals surface area contributed by atoms with Crippen LogP contribution in [-0.2, 0) is 0 Å². The van der Waals surface area contributed by atoms with Crippen molar-refractivity contribution in [3.8, 4) is 5.69 Å². The minimum Gasteiger partial charge on any atom is -0.306 e. The minimum absolute atomic E-state index is 0.465. The van der Waals surface area contributed by atoms with E-state index in [4.69, 9.17) is 11.6 Å². The lowest BCUT2D eigenvalue weighted by Gasteiger charge is -2.04. The highest BCUT2D eigenvalue weighted by atomic mass is 35.5. The van der Waals surface area contributed by atoms with Crippen molar-refractivity contribution in [1.29, 1.82) is 0 Å². The van der Waals surface area contributed by atoms with Gasteiger partial charge in [0.15, 0.2) is 0 Å². The van der Waals surface area contributed by atoms with Crippen LogP contribution in [0.3, 0.4) is 0 Å². The molecule has 0 atom stereocenters. The Bertz CT molecular complexity index is 634. The first-order valence-corrected chi connectivity index (χ1v) is 5.11. The van der Waals surface area contributed by atoms with Crippen LogP contribution in [0.2, 0.25) is 5.15 Å². The second-order valence-electron chi connectivity index (χ2n) is 3.34. The predicted octanol–water partition coefficient (Wildman–Crippen LogP) is 2.47. The van der Waals surface area contributed by atoms with Crippen LogP contribution in [-0.4, -0.2) is 19.5 Å². The Kier molecular flexibility index (Phi) is 2.08. The van der Waals surface area contributed by atoms with E-state index in [2.05, 4.69) is 15.0 Å². The normalized spacial score (nSPS) is 10.8. The van der Waals surface area contributed by atoms with Crippen molar-refractivity contribution in [2.24, 2.45) is 0 Å². The molecule has 0 aliphatic heterocycles. The average molecular weight is 231 g/mol. The molecule has 0 bridgehead atoms. The van der Waals surface area contributed by atoms with Crippen molar-refractivity contribution < 1.29 is 0 Å². The van der Waals surface area contributed by atoms with Gasteiger partial charge in [-0.05, 0) is 18.2 Å². The van der Waals surface area contributed by atoms with Crippen molar-refractivity contribution in [2.75, 3.05) is 0 Å². The molecule has 0 radical (unpaired) electrons. The molecule has 0 N–H and O–H groups in total. The summed E-state index contributed by atoms with van der Waals surface area (Å²) in [5.41, 5.74) is 1.82. The number of nitrogens with zero attached hydrogens (tertiary/aromatic N) is 4. The second-order valence-corrected chi connectivity index (χ2v) is 3.69. The number of rotatable bonds is 1. The van der Waals surface area contributed by atoms with Gasteiger partial charge in [0.05, 0.1) is 11.8 Å². The molecule has 0 unspecified atom stereocenters. The summed E-state index contributed by atoms with van der Waals surface area (Å²) in [6.07, 6.45) is 6.80. The summed E-state index contributed by atoms with van der Waals surface area (Å²) < 4.78 is 1.91. The fraction of sp³-hybridized carbons (Fsp3) is 0. The number of halogens is 1. The molecule has 3 rings (SSSR count). The molecule has 5 heteroatoms. The number of benzene rings is 1. The zero-order valence-electron chi connectivity index (χ0n) is 8.21. The largest absolute Gasteiger partial charge is 0.306 e. The standard InChI is InChI=1S/C11H7ClN4/c12-11-9-5-8(16-4-3-13-7-16)1-2-10(9)14-6-15-11/h1-7H. The number of hydrogen-bond acceptors (Lipinski definition) is 3. The maximum Gasteiger partial charge on any atom is 0.140 e. The SMILES string of the molecule is Clc1ncnc2ccc(-n3ccnc3)cc12. The third-order valence-corrected chi connectivity index (χ3v) is 2.67. The van der Waals surface area contributed by atoms with Crippen LogP contribution in [0, 0.1) is 0 Å². The molecule has 0 fully saturated rings. The molecular weight excluding hydrogens is 224 g/mol. The van der Waals surface area contributed by atoms with Gasteiger partial charge in [-0.1, -0.05) is 11.6 Å². The van der Waals surface area contributed by atoms with E-state index in [1.54, 1.807) is 12.5 Å². The molecule has 16 heavy (non-hydrogen) atoms. The molecular formula is C11H7ClN4. The average Bonchev–Trinajstić information content (AvgIpc) is 2.83. The Morgan fingerprint density at radius 3 is 2.94 bits per heavy atom. The Balaban J connectivity index is 2.27. The van der Waals surface area contributed by atoms with Crippen LogP contribution in [0.5, 0.6) is 0 Å². The third-order valence-electron chi connectivity index (χ3n) is 2.37. The number of fused-ring (bicyclic) bond motifs is 1. The van der Waals surface area contributed by atoms with E-state index in [9.17, 15) is 0 Å². The van der Waals surface area contributed by atoms with Crippen LogP contribution in [0.4, 0.5) is 0 Å². The predicted molar refractivity (Wildman–Crippen MR) is 61.7 cm³/mol. The highest BCUT2D eigenvalue weighted by Gasteiger charge is 2.03. The summed E-state index contributed by atoms with van der Waals surface area (Å²) in [6, 6.07) is 5.82. The molecule has 0 saturated heterocycles. The molecule has 3 aromatic rings. The third kappa shape index (κ3) is 1.44. The Labute approximate surface area is 96.6 Å². The first-order valence-electron chi connectivity index (χ1n) is 4.73. The van der Waals surface area contributed by atoms with Gasteiger partial charge >= 0.3 is 0 Å². The zero-order chi connectivity index (χ0) is 11.0. The van der Waals surface area contributed by atoms with Crippen LogP contribution < -0.4 is 0 Å². The number of imidazole rings is 1. The minimum atomic E-state index is 0.465. The van der Waals surface area contributed by atoms with Crippen molar-refractivity contribution >= 4 is 22.5 Å². The van der Waals surface area contributed by atoms with Crippen LogP contribution >= 0.6 is 11.6 Å². The summed E-state index contributed by atoms with van der Waals surface area (Å²) in [5, 5.41) is 1.31. The van der Waals surface area contributed by atoms with Gasteiger partial charge in [0.25, 0.3) is 0 Å². The van der Waals surface area contributed by atoms with Crippen molar-refractivity contribution in [2.45, 2.75) is 0 Å². The van der Waals surface area contributed by atoms with E-state index in [0.717, 1.165) is 16.6 Å². The number of hydrogen-bond donors (Lipinski definition) is 0. The van der Waals surface area contributed by atoms with E-state index in [1.807, 2.05) is 29.0 Å². The van der Waals surface area contributed by atoms with Crippen molar-refractivity contribution in [1.82, 2.24) is 19.5 Å². The summed E-state index contributed by atoms with van der Waals surface area (Å²) in [4.78, 5) is 12.1. The van der Waals surface area contributed by atoms with E-state index in [1.165, 1.54) is 6.33 Å². The fourth-order valence-electron chi connectivity index (χ4n) is 1.59. The van der Waals surface area contributed by atoms with E-state index in [0.29, 0.717) is 5.15 Å². The topological polar surface area (TPSA) is 43.6 Å². The first kappa shape index (κ1) is 9.30. The summed E-state index contributed by atoms with van der Waals surface area (Å²) in [6.45, 7) is 0. The van der Waals surface area contributed by atoms with Crippen LogP contribution in [0.1, 0.15) is 0 Å². The molecule has 0 amide bonds. The quantitative estimate of drug-likeness (QED) is 0.603. The molecule has 0 aliphatic rings. The van der Waals surface area contributed by atoms with Crippen molar-refractivity contribution in [3.05, 3.63) is 48.4 Å². The molecule has 78 valence electrons. The Morgan fingerprint density at radius 2 is 2.12 bits per heavy atom. The van der Waals surface area contributed by atoms with E-state index < -0.39 is 0 Å². The van der Waals surface area contributed by atoms with Gasteiger partial charge in [-0.2, -0.15) is 0 Å². The fourth-order valence-corrected chi connectivity index (χ4v) is 1.78. The van der Waals surface area contributed by atoms with Crippen LogP contribution in [0.15, 0.2) is 43.2 Å². The van der Waals surface area contributed by atoms with Crippen molar-refractivity contribution in [3.63, 3.8) is 0 Å². The lowest BCUT2D eigenvalue weighted by Crippen LogP contribution is -1.91. The summed E-state index contributed by atoms with van der Waals surface area (Å²) >= 11 is 6.01. The monoisotopic (exact) mass is 230 g/mol. The number of aromatic nitrogens is 4. The molecule has 2 heterocycles. The van der Waals surface area contributed by atoms with Gasteiger partial charge < -0.3 is 4.57 Å². The molecule has 0 spiro atoms. The Morgan fingerprint density at radius 1 is 1.19 bits per heavy atom. The van der Waals surface area contributed by atoms with Gasteiger partial charge in [-0.15, -0.1) is 0 Å².